The Kier molecular flexibility index (Phi) is 6.00. The van der Waals surface area contributed by atoms with Crippen molar-refractivity contribution in [1.82, 2.24) is 9.97 Å². The number of hydrogen-bond acceptors (Lipinski definition) is 7. The highest BCUT2D eigenvalue weighted by molar-refractivity contribution is 7.20. The van der Waals surface area contributed by atoms with E-state index in [-0.39, 0.29) is 11.6 Å². The van der Waals surface area contributed by atoms with E-state index >= 15 is 0 Å². The lowest BCUT2D eigenvalue weighted by atomic mass is 10.0. The van der Waals surface area contributed by atoms with E-state index < -0.39 is 5.91 Å². The van der Waals surface area contributed by atoms with Gasteiger partial charge in [-0.15, -0.1) is 0 Å². The minimum Gasteiger partial charge on any atom is -0.497 e. The van der Waals surface area contributed by atoms with Gasteiger partial charge in [0.2, 0.25) is 0 Å². The highest BCUT2D eigenvalue weighted by Gasteiger charge is 2.20. The quantitative estimate of drug-likeness (QED) is 0.392. The second kappa shape index (κ2) is 9.03. The van der Waals surface area contributed by atoms with Gasteiger partial charge >= 0.3 is 0 Å². The van der Waals surface area contributed by atoms with Gasteiger partial charge in [0.25, 0.3) is 11.8 Å². The van der Waals surface area contributed by atoms with Gasteiger partial charge in [-0.3, -0.25) is 9.59 Å². The van der Waals surface area contributed by atoms with Crippen LogP contribution in [0, 0.1) is 0 Å². The number of fused-ring (bicyclic) bond motifs is 1. The van der Waals surface area contributed by atoms with E-state index in [0.29, 0.717) is 38.8 Å². The minimum absolute atomic E-state index is 0.0213. The second-order valence-electron chi connectivity index (χ2n) is 6.85. The molecule has 32 heavy (non-hydrogen) atoms. The van der Waals surface area contributed by atoms with Crippen molar-refractivity contribution < 1.29 is 14.3 Å². The van der Waals surface area contributed by atoms with Gasteiger partial charge < -0.3 is 21.1 Å². The molecule has 9 heteroatoms. The first-order valence-electron chi connectivity index (χ1n) is 9.90. The Labute approximate surface area is 188 Å². The molecule has 0 aliphatic rings. The Morgan fingerprint density at radius 1 is 1.09 bits per heavy atom. The van der Waals surface area contributed by atoms with Crippen LogP contribution >= 0.6 is 11.3 Å². The number of primary amides is 1. The van der Waals surface area contributed by atoms with Gasteiger partial charge in [-0.05, 0) is 43.3 Å². The van der Waals surface area contributed by atoms with Crippen molar-refractivity contribution in [3.05, 3.63) is 65.9 Å². The topological polar surface area (TPSA) is 119 Å². The molecule has 4 aromatic rings. The van der Waals surface area contributed by atoms with Crippen molar-refractivity contribution in [3.8, 4) is 17.0 Å². The van der Waals surface area contributed by atoms with Crippen molar-refractivity contribution in [2.45, 2.75) is 6.92 Å². The average molecular weight is 448 g/mol. The largest absolute Gasteiger partial charge is 0.497 e. The number of amides is 2. The fourth-order valence-electron chi connectivity index (χ4n) is 3.24. The maximum absolute atomic E-state index is 13.3. The Morgan fingerprint density at radius 2 is 1.84 bits per heavy atom. The maximum atomic E-state index is 13.3. The normalized spacial score (nSPS) is 10.7. The number of benzene rings is 2. The lowest BCUT2D eigenvalue weighted by Crippen LogP contribution is -2.18. The van der Waals surface area contributed by atoms with E-state index in [9.17, 15) is 9.59 Å². The maximum Gasteiger partial charge on any atom is 0.270 e. The molecule has 0 aliphatic heterocycles. The van der Waals surface area contributed by atoms with Crippen LogP contribution in [0.2, 0.25) is 0 Å². The number of anilines is 2. The van der Waals surface area contributed by atoms with Gasteiger partial charge in [0.05, 0.1) is 23.9 Å². The smallest absolute Gasteiger partial charge is 0.270 e. The molecule has 2 aromatic carbocycles. The minimum atomic E-state index is -0.709. The van der Waals surface area contributed by atoms with E-state index in [4.69, 9.17) is 15.5 Å². The number of nitrogens with one attached hydrogen (secondary N) is 2. The first-order valence-corrected chi connectivity index (χ1v) is 10.7. The molecule has 2 aromatic heterocycles. The van der Waals surface area contributed by atoms with Gasteiger partial charge in [0.15, 0.2) is 10.8 Å². The number of rotatable bonds is 7. The predicted octanol–water partition coefficient (Wildman–Crippen LogP) is 4.15. The summed E-state index contributed by atoms with van der Waals surface area (Å²) in [6.45, 7) is 2.53. The lowest BCUT2D eigenvalue weighted by Gasteiger charge is -2.10. The molecule has 0 aliphatic carbocycles. The van der Waals surface area contributed by atoms with Crippen molar-refractivity contribution in [2.24, 2.45) is 5.73 Å². The Morgan fingerprint density at radius 3 is 2.53 bits per heavy atom. The highest BCUT2D eigenvalue weighted by atomic mass is 32.1. The zero-order valence-corrected chi connectivity index (χ0v) is 18.3. The van der Waals surface area contributed by atoms with Crippen molar-refractivity contribution in [3.63, 3.8) is 0 Å². The van der Waals surface area contributed by atoms with Crippen LogP contribution in [0.4, 0.5) is 10.1 Å². The van der Waals surface area contributed by atoms with Gasteiger partial charge in [-0.25, -0.2) is 9.97 Å². The molecule has 0 saturated carbocycles. The van der Waals surface area contributed by atoms with Gasteiger partial charge in [0, 0.05) is 17.5 Å². The third kappa shape index (κ3) is 4.23. The summed E-state index contributed by atoms with van der Waals surface area (Å²) in [5, 5.41) is 7.34. The Balaban J connectivity index is 1.76. The molecule has 0 bridgehead atoms. The van der Waals surface area contributed by atoms with Crippen LogP contribution in [0.25, 0.3) is 22.2 Å². The zero-order chi connectivity index (χ0) is 22.7. The van der Waals surface area contributed by atoms with E-state index in [1.165, 1.54) is 0 Å². The average Bonchev–Trinajstić information content (AvgIpc) is 3.21. The molecule has 162 valence electrons. The van der Waals surface area contributed by atoms with Crippen LogP contribution in [-0.2, 0) is 0 Å². The van der Waals surface area contributed by atoms with Crippen LogP contribution in [0.1, 0.15) is 27.8 Å². The molecule has 0 atom stereocenters. The molecule has 0 radical (unpaired) electrons. The fourth-order valence-corrected chi connectivity index (χ4v) is 4.18. The predicted molar refractivity (Wildman–Crippen MR) is 126 cm³/mol. The second-order valence-corrected chi connectivity index (χ2v) is 7.85. The molecule has 0 fully saturated rings. The number of ether oxygens (including phenoxy) is 1. The number of para-hydroxylation sites is 1. The molecule has 8 nitrogen and oxygen atoms in total. The first-order chi connectivity index (χ1) is 15.5. The van der Waals surface area contributed by atoms with Gasteiger partial charge in [-0.2, -0.15) is 0 Å². The summed E-state index contributed by atoms with van der Waals surface area (Å²) in [6, 6.07) is 16.6. The van der Waals surface area contributed by atoms with E-state index in [1.54, 1.807) is 13.2 Å². The Hall–Kier alpha value is -3.98. The molecule has 4 N–H and O–H groups in total. The number of nitrogens with two attached hydrogens (primary N) is 1. The summed E-state index contributed by atoms with van der Waals surface area (Å²) in [5.41, 5.74) is 8.07. The van der Waals surface area contributed by atoms with Gasteiger partial charge in [0.1, 0.15) is 10.8 Å². The van der Waals surface area contributed by atoms with Crippen LogP contribution in [-0.4, -0.2) is 35.4 Å². The summed E-state index contributed by atoms with van der Waals surface area (Å²) in [7, 11) is 1.60. The summed E-state index contributed by atoms with van der Waals surface area (Å²) in [5.74, 6) is -0.361. The number of pyridine rings is 1. The van der Waals surface area contributed by atoms with Crippen LogP contribution in [0.15, 0.2) is 54.6 Å². The number of nitrogens with zero attached hydrogens (tertiary/aromatic N) is 2. The SMILES string of the molecule is CCNc1nc(C(N)=O)c(NC(=O)c2cc(-c3ccc(OC)cc3)nc3ccccc23)s1. The molecule has 2 amide bonds. The number of carbonyl (C=O) groups is 2. The van der Waals surface area contributed by atoms with Crippen molar-refractivity contribution in [1.29, 1.82) is 0 Å². The fraction of sp³-hybridized carbons (Fsp3) is 0.130. The van der Waals surface area contributed by atoms with Crippen molar-refractivity contribution in [2.75, 3.05) is 24.3 Å². The summed E-state index contributed by atoms with van der Waals surface area (Å²) in [4.78, 5) is 34.0. The van der Waals surface area contributed by atoms with Crippen molar-refractivity contribution >= 4 is 44.2 Å². The number of hydrogen-bond donors (Lipinski definition) is 3. The molecule has 0 unspecified atom stereocenters. The molecule has 4 rings (SSSR count). The molecular formula is C23H21N5O3S. The van der Waals surface area contributed by atoms with Crippen LogP contribution in [0.3, 0.4) is 0 Å². The number of aromatic nitrogens is 2. The zero-order valence-electron chi connectivity index (χ0n) is 17.5. The standard InChI is InChI=1S/C23H21N5O3S/c1-3-25-23-27-19(20(24)29)22(32-23)28-21(30)16-12-18(13-8-10-14(31-2)11-9-13)26-17-7-5-4-6-15(16)17/h4-12H,3H2,1-2H3,(H2,24,29)(H,25,27)(H,28,30). The molecule has 0 saturated heterocycles. The number of methoxy groups -OCH3 is 1. The highest BCUT2D eigenvalue weighted by Crippen LogP contribution is 2.31. The third-order valence-corrected chi connectivity index (χ3v) is 5.69. The monoisotopic (exact) mass is 447 g/mol. The summed E-state index contributed by atoms with van der Waals surface area (Å²) >= 11 is 1.16. The van der Waals surface area contributed by atoms with Crippen LogP contribution < -0.4 is 21.1 Å². The Bertz CT molecular complexity index is 1300. The van der Waals surface area contributed by atoms with Crippen LogP contribution in [0.5, 0.6) is 5.75 Å². The van der Waals surface area contributed by atoms with E-state index in [2.05, 4.69) is 15.6 Å². The van der Waals surface area contributed by atoms with Gasteiger partial charge in [-0.1, -0.05) is 29.5 Å². The number of carbonyl (C=O) groups excluding carboxylic acids is 2. The summed E-state index contributed by atoms with van der Waals surface area (Å²) < 4.78 is 5.22. The third-order valence-electron chi connectivity index (χ3n) is 4.76. The van der Waals surface area contributed by atoms with E-state index in [1.807, 2.05) is 55.5 Å². The number of thiazole rings is 1. The molecule has 2 heterocycles. The lowest BCUT2D eigenvalue weighted by molar-refractivity contribution is 0.0997. The van der Waals surface area contributed by atoms with E-state index in [0.717, 1.165) is 22.6 Å². The molecule has 0 spiro atoms. The molecular weight excluding hydrogens is 426 g/mol. The summed E-state index contributed by atoms with van der Waals surface area (Å²) in [6.07, 6.45) is 0. The first kappa shape index (κ1) is 21.3.